The molecule has 0 nitrogen and oxygen atoms in total. The van der Waals surface area contributed by atoms with E-state index >= 15 is 0 Å². The van der Waals surface area contributed by atoms with E-state index in [1.807, 2.05) is 0 Å². The van der Waals surface area contributed by atoms with Gasteiger partial charge in [0.05, 0.1) is 20.9 Å². The first kappa shape index (κ1) is 19.9. The van der Waals surface area contributed by atoms with E-state index in [9.17, 15) is 28.7 Å². The Labute approximate surface area is 148 Å². The summed E-state index contributed by atoms with van der Waals surface area (Å²) < 4.78 is 94.5. The second kappa shape index (κ2) is 5.56. The van der Waals surface area contributed by atoms with Crippen LogP contribution in [0.4, 0.5) is 28.7 Å². The molecule has 138 valence electrons. The molecule has 25 heavy (non-hydrogen) atoms. The summed E-state index contributed by atoms with van der Waals surface area (Å²) in [6.07, 6.45) is -4.65. The minimum absolute atomic E-state index is 0.0186. The van der Waals surface area contributed by atoms with Crippen LogP contribution in [0.15, 0.2) is 58.8 Å². The predicted molar refractivity (Wildman–Crippen MR) is 87.0 cm³/mol. The summed E-state index contributed by atoms with van der Waals surface area (Å²) in [5.41, 5.74) is -1.47. The summed E-state index contributed by atoms with van der Waals surface area (Å²) in [5.74, 6) is 0. The average Bonchev–Trinajstić information content (AvgIpc) is 2.45. The molecule has 0 N–H and O–H groups in total. The highest BCUT2D eigenvalue weighted by Crippen LogP contribution is 3.02. The van der Waals surface area contributed by atoms with E-state index in [0.717, 1.165) is 24.3 Å². The number of benzene rings is 2. The molecule has 2 rings (SSSR count). The first-order valence-electron chi connectivity index (χ1n) is 6.43. The first-order valence-corrected chi connectivity index (χ1v) is 9.30. The fraction of sp³-hybridized carbons (Fsp3) is 0.0667. The van der Waals surface area contributed by atoms with Crippen LogP contribution in [0.1, 0.15) is 11.1 Å². The molecule has 10 heteroatoms. The summed E-state index contributed by atoms with van der Waals surface area (Å²) in [5, 5.41) is -1.77. The quantitative estimate of drug-likeness (QED) is 0.434. The van der Waals surface area contributed by atoms with Crippen molar-refractivity contribution >= 4 is 38.1 Å². The van der Waals surface area contributed by atoms with Crippen molar-refractivity contribution in [2.24, 2.45) is 0 Å². The Hall–Kier alpha value is -1.38. The van der Waals surface area contributed by atoms with E-state index in [1.54, 1.807) is 0 Å². The molecule has 0 heterocycles. The predicted octanol–water partition coefficient (Wildman–Crippen LogP) is 8.37. The maximum absolute atomic E-state index is 14.3. The third-order valence-electron chi connectivity index (χ3n) is 3.13. The van der Waals surface area contributed by atoms with Crippen LogP contribution in [-0.2, 0) is 6.18 Å². The Balaban J connectivity index is 2.50. The zero-order valence-corrected chi connectivity index (χ0v) is 14.3. The van der Waals surface area contributed by atoms with Crippen LogP contribution in [0.2, 0.25) is 5.02 Å². The molecule has 0 aliphatic carbocycles. The van der Waals surface area contributed by atoms with Gasteiger partial charge in [0.15, 0.2) is 0 Å². The van der Waals surface area contributed by atoms with Gasteiger partial charge in [0.2, 0.25) is 9.84 Å². The SMILES string of the molecule is FC(F)(F)c1ccc(/C(Cl)=C\S(F)(F)(F)(F)c2ccc(Cl)cc2)cc1. The number of rotatable bonds is 3. The van der Waals surface area contributed by atoms with Gasteiger partial charge < -0.3 is 0 Å². The lowest BCUT2D eigenvalue weighted by molar-refractivity contribution is -0.137. The third kappa shape index (κ3) is 4.62. The molecule has 0 aromatic heterocycles. The Morgan fingerprint density at radius 1 is 0.840 bits per heavy atom. The van der Waals surface area contributed by atoms with Gasteiger partial charge >= 0.3 is 6.18 Å². The molecule has 0 aliphatic heterocycles. The van der Waals surface area contributed by atoms with E-state index in [0.29, 0.717) is 24.3 Å². The fourth-order valence-corrected chi connectivity index (χ4v) is 4.06. The molecular formula is C15H9Cl2F7S. The first-order chi connectivity index (χ1) is 11.1. The van der Waals surface area contributed by atoms with Crippen molar-refractivity contribution < 1.29 is 28.7 Å². The molecule has 0 bridgehead atoms. The lowest BCUT2D eigenvalue weighted by Crippen LogP contribution is -2.10. The van der Waals surface area contributed by atoms with Crippen LogP contribution in [0.3, 0.4) is 0 Å². The standard InChI is InChI=1S/C15H9Cl2F7S/c16-12-5-7-13(8-6-12)25(21,22,23,24)9-14(17)10-1-3-11(4-2-10)15(18,19)20/h1-9H/b14-9+. The summed E-state index contributed by atoms with van der Waals surface area (Å²) in [6, 6.07) is 5.26. The number of halogens is 9. The van der Waals surface area contributed by atoms with Crippen LogP contribution in [0, 0.1) is 0 Å². The van der Waals surface area contributed by atoms with Crippen LogP contribution in [0.5, 0.6) is 0 Å². The zero-order valence-electron chi connectivity index (χ0n) is 12.0. The number of hydrogen-bond donors (Lipinski definition) is 0. The van der Waals surface area contributed by atoms with E-state index in [2.05, 4.69) is 0 Å². The molecule has 2 aromatic carbocycles. The highest BCUT2D eigenvalue weighted by Gasteiger charge is 2.62. The molecule has 0 unspecified atom stereocenters. The maximum atomic E-state index is 14.3. The van der Waals surface area contributed by atoms with E-state index in [1.165, 1.54) is 0 Å². The smallest absolute Gasteiger partial charge is 0.166 e. The van der Waals surface area contributed by atoms with Crippen molar-refractivity contribution in [3.05, 3.63) is 70.1 Å². The number of alkyl halides is 3. The van der Waals surface area contributed by atoms with Crippen LogP contribution in [-0.4, -0.2) is 0 Å². The summed E-state index contributed by atoms with van der Waals surface area (Å²) in [4.78, 5) is -1.57. The van der Waals surface area contributed by atoms with Gasteiger partial charge in [-0.2, -0.15) is 13.2 Å². The van der Waals surface area contributed by atoms with Gasteiger partial charge in [-0.15, -0.1) is 15.5 Å². The summed E-state index contributed by atoms with van der Waals surface area (Å²) >= 11 is 11.0. The Morgan fingerprint density at radius 3 is 1.76 bits per heavy atom. The summed E-state index contributed by atoms with van der Waals surface area (Å²) in [6.45, 7) is 0. The van der Waals surface area contributed by atoms with Crippen molar-refractivity contribution in [2.45, 2.75) is 11.1 Å². The van der Waals surface area contributed by atoms with Gasteiger partial charge in [0, 0.05) is 5.02 Å². The third-order valence-corrected chi connectivity index (χ3v) is 5.81. The van der Waals surface area contributed by atoms with Crippen molar-refractivity contribution in [3.63, 3.8) is 0 Å². The van der Waals surface area contributed by atoms with Gasteiger partial charge in [0.1, 0.15) is 0 Å². The normalized spacial score (nSPS) is 16.3. The van der Waals surface area contributed by atoms with Crippen molar-refractivity contribution in [1.82, 2.24) is 0 Å². The zero-order chi connectivity index (χ0) is 19.2. The molecular weight excluding hydrogens is 416 g/mol. The maximum Gasteiger partial charge on any atom is 0.416 e. The molecule has 0 aliphatic rings. The highest BCUT2D eigenvalue weighted by atomic mass is 35.5. The molecule has 0 atom stereocenters. The van der Waals surface area contributed by atoms with Gasteiger partial charge in [-0.1, -0.05) is 35.3 Å². The van der Waals surface area contributed by atoms with Gasteiger partial charge in [-0.3, -0.25) is 0 Å². The van der Waals surface area contributed by atoms with E-state index in [4.69, 9.17) is 23.2 Å². The fourth-order valence-electron chi connectivity index (χ4n) is 1.88. The van der Waals surface area contributed by atoms with Crippen LogP contribution in [0.25, 0.3) is 5.03 Å². The Kier molecular flexibility index (Phi) is 4.43. The van der Waals surface area contributed by atoms with Crippen LogP contribution >= 0.6 is 33.0 Å². The van der Waals surface area contributed by atoms with Crippen molar-refractivity contribution in [2.75, 3.05) is 0 Å². The van der Waals surface area contributed by atoms with Crippen molar-refractivity contribution in [3.8, 4) is 0 Å². The van der Waals surface area contributed by atoms with Gasteiger partial charge in [-0.25, -0.2) is 0 Å². The molecule has 0 amide bonds. The van der Waals surface area contributed by atoms with Crippen LogP contribution < -0.4 is 0 Å². The molecule has 2 aromatic rings. The van der Waals surface area contributed by atoms with E-state index < -0.39 is 42.5 Å². The molecule has 0 spiro atoms. The average molecular weight is 425 g/mol. The van der Waals surface area contributed by atoms with Gasteiger partial charge in [0.25, 0.3) is 0 Å². The van der Waals surface area contributed by atoms with Crippen molar-refractivity contribution in [1.29, 1.82) is 0 Å². The Morgan fingerprint density at radius 2 is 1.32 bits per heavy atom. The molecule has 0 saturated carbocycles. The topological polar surface area (TPSA) is 0 Å². The molecule has 0 saturated heterocycles. The van der Waals surface area contributed by atoms with E-state index in [-0.39, 0.29) is 5.02 Å². The van der Waals surface area contributed by atoms with Gasteiger partial charge in [-0.05, 0) is 42.0 Å². The lowest BCUT2D eigenvalue weighted by Gasteiger charge is -2.47. The minimum atomic E-state index is -8.91. The largest absolute Gasteiger partial charge is 0.416 e. The number of hydrogen-bond acceptors (Lipinski definition) is 0. The molecule has 0 radical (unpaired) electrons. The Bertz CT molecular complexity index is 818. The monoisotopic (exact) mass is 424 g/mol. The highest BCUT2D eigenvalue weighted by molar-refractivity contribution is 8.52. The minimum Gasteiger partial charge on any atom is -0.166 e. The second-order valence-electron chi connectivity index (χ2n) is 5.13. The molecule has 0 fully saturated rings. The lowest BCUT2D eigenvalue weighted by atomic mass is 10.1. The summed E-state index contributed by atoms with van der Waals surface area (Å²) in [7, 11) is -8.91. The second-order valence-corrected chi connectivity index (χ2v) is 8.94.